The van der Waals surface area contributed by atoms with Gasteiger partial charge in [-0.05, 0) is 12.2 Å². The van der Waals surface area contributed by atoms with Gasteiger partial charge >= 0.3 is 12.1 Å². The Morgan fingerprint density at radius 2 is 1.58 bits per heavy atom. The van der Waals surface area contributed by atoms with Crippen LogP contribution >= 0.6 is 11.8 Å². The molecule has 0 heterocycles. The van der Waals surface area contributed by atoms with Crippen LogP contribution in [0, 0.1) is 0 Å². The van der Waals surface area contributed by atoms with Crippen molar-refractivity contribution in [1.82, 2.24) is 0 Å². The van der Waals surface area contributed by atoms with Gasteiger partial charge in [0.15, 0.2) is 0 Å². The van der Waals surface area contributed by atoms with Crippen molar-refractivity contribution in [1.29, 1.82) is 0 Å². The van der Waals surface area contributed by atoms with Gasteiger partial charge in [0.25, 0.3) is 0 Å². The Morgan fingerprint density at radius 1 is 1.08 bits per heavy atom. The predicted octanol–water partition coefficient (Wildman–Crippen LogP) is 3.33. The highest BCUT2D eigenvalue weighted by molar-refractivity contribution is 7.99. The molecular formula is C6H9F5S. The summed E-state index contributed by atoms with van der Waals surface area (Å²) in [7, 11) is 0. The summed E-state index contributed by atoms with van der Waals surface area (Å²) < 4.78 is 58.7. The third-order valence-electron chi connectivity index (χ3n) is 1.05. The zero-order valence-electron chi connectivity index (χ0n) is 6.42. The molecule has 0 amide bonds. The molecule has 0 aromatic rings. The van der Waals surface area contributed by atoms with Gasteiger partial charge in [-0.15, -0.1) is 0 Å². The van der Waals surface area contributed by atoms with Crippen molar-refractivity contribution >= 4 is 11.8 Å². The van der Waals surface area contributed by atoms with Crippen LogP contribution in [-0.2, 0) is 0 Å². The second-order valence-electron chi connectivity index (χ2n) is 2.25. The first-order chi connectivity index (χ1) is 5.31. The SMILES string of the molecule is CCCSCC(F)(F)C(F)(F)F. The second-order valence-corrected chi connectivity index (χ2v) is 3.36. The van der Waals surface area contributed by atoms with Crippen LogP contribution < -0.4 is 0 Å². The zero-order chi connectivity index (χ0) is 9.83. The van der Waals surface area contributed by atoms with E-state index in [2.05, 4.69) is 0 Å². The topological polar surface area (TPSA) is 0 Å². The molecule has 0 aliphatic carbocycles. The first-order valence-electron chi connectivity index (χ1n) is 3.33. The number of rotatable bonds is 4. The number of thioether (sulfide) groups is 1. The first-order valence-corrected chi connectivity index (χ1v) is 4.49. The third-order valence-corrected chi connectivity index (χ3v) is 2.31. The monoisotopic (exact) mass is 208 g/mol. The summed E-state index contributed by atoms with van der Waals surface area (Å²) in [6.45, 7) is 1.72. The van der Waals surface area contributed by atoms with Crippen LogP contribution in [0.25, 0.3) is 0 Å². The van der Waals surface area contributed by atoms with Crippen molar-refractivity contribution in [3.8, 4) is 0 Å². The predicted molar refractivity (Wildman–Crippen MR) is 38.6 cm³/mol. The van der Waals surface area contributed by atoms with E-state index in [1.54, 1.807) is 6.92 Å². The van der Waals surface area contributed by atoms with E-state index in [1.807, 2.05) is 0 Å². The zero-order valence-corrected chi connectivity index (χ0v) is 7.24. The molecule has 0 saturated heterocycles. The number of hydrogen-bond acceptors (Lipinski definition) is 1. The smallest absolute Gasteiger partial charge is 0.195 e. The van der Waals surface area contributed by atoms with E-state index in [4.69, 9.17) is 0 Å². The molecular weight excluding hydrogens is 199 g/mol. The van der Waals surface area contributed by atoms with E-state index >= 15 is 0 Å². The Morgan fingerprint density at radius 3 is 1.92 bits per heavy atom. The number of alkyl halides is 5. The highest BCUT2D eigenvalue weighted by Crippen LogP contribution is 2.37. The van der Waals surface area contributed by atoms with Gasteiger partial charge in [0.1, 0.15) is 0 Å². The fraction of sp³-hybridized carbons (Fsp3) is 1.00. The molecule has 0 fully saturated rings. The molecule has 0 aromatic carbocycles. The summed E-state index contributed by atoms with van der Waals surface area (Å²) in [6, 6.07) is 0. The number of hydrogen-bond donors (Lipinski definition) is 0. The molecule has 12 heavy (non-hydrogen) atoms. The van der Waals surface area contributed by atoms with E-state index in [0.717, 1.165) is 0 Å². The Kier molecular flexibility index (Phi) is 4.30. The van der Waals surface area contributed by atoms with Gasteiger partial charge in [-0.3, -0.25) is 0 Å². The molecule has 0 aliphatic rings. The van der Waals surface area contributed by atoms with Crippen LogP contribution in [0.3, 0.4) is 0 Å². The minimum Gasteiger partial charge on any atom is -0.195 e. The van der Waals surface area contributed by atoms with Crippen molar-refractivity contribution in [2.45, 2.75) is 25.4 Å². The van der Waals surface area contributed by atoms with Gasteiger partial charge < -0.3 is 0 Å². The van der Waals surface area contributed by atoms with Crippen LogP contribution in [0.2, 0.25) is 0 Å². The van der Waals surface area contributed by atoms with Crippen LogP contribution in [0.4, 0.5) is 22.0 Å². The highest BCUT2D eigenvalue weighted by atomic mass is 32.2. The maximum Gasteiger partial charge on any atom is 0.454 e. The van der Waals surface area contributed by atoms with E-state index in [-0.39, 0.29) is 0 Å². The standard InChI is InChI=1S/C6H9F5S/c1-2-3-12-4-5(7,8)6(9,10)11/h2-4H2,1H3. The third kappa shape index (κ3) is 3.60. The van der Waals surface area contributed by atoms with Crippen molar-refractivity contribution in [2.75, 3.05) is 11.5 Å². The lowest BCUT2D eigenvalue weighted by atomic mass is 10.4. The summed E-state index contributed by atoms with van der Waals surface area (Å²) in [5.74, 6) is -5.40. The molecule has 0 nitrogen and oxygen atoms in total. The minimum atomic E-state index is -5.41. The highest BCUT2D eigenvalue weighted by Gasteiger charge is 2.56. The fourth-order valence-electron chi connectivity index (χ4n) is 0.427. The molecule has 6 heteroatoms. The first kappa shape index (κ1) is 12.0. The molecule has 0 radical (unpaired) electrons. The maximum atomic E-state index is 12.1. The Bertz CT molecular complexity index is 130. The second kappa shape index (κ2) is 4.30. The van der Waals surface area contributed by atoms with Gasteiger partial charge in [-0.25, -0.2) is 0 Å². The Hall–Kier alpha value is -0.0000000000000000555. The summed E-state index contributed by atoms with van der Waals surface area (Å²) in [5.41, 5.74) is 0. The van der Waals surface area contributed by atoms with E-state index < -0.39 is 17.9 Å². The van der Waals surface area contributed by atoms with E-state index in [1.165, 1.54) is 0 Å². The normalized spacial score (nSPS) is 13.5. The van der Waals surface area contributed by atoms with Crippen LogP contribution in [-0.4, -0.2) is 23.6 Å². The van der Waals surface area contributed by atoms with Crippen molar-refractivity contribution in [3.05, 3.63) is 0 Å². The fourth-order valence-corrected chi connectivity index (χ4v) is 1.28. The van der Waals surface area contributed by atoms with Gasteiger partial charge in [-0.1, -0.05) is 6.92 Å². The van der Waals surface area contributed by atoms with Gasteiger partial charge in [0.05, 0.1) is 5.75 Å². The van der Waals surface area contributed by atoms with Crippen LogP contribution in [0.1, 0.15) is 13.3 Å². The maximum absolute atomic E-state index is 12.1. The molecule has 0 aliphatic heterocycles. The Labute approximate surface area is 71.5 Å². The summed E-state index contributed by atoms with van der Waals surface area (Å²) >= 11 is 0.617. The van der Waals surface area contributed by atoms with E-state index in [0.29, 0.717) is 23.9 Å². The molecule has 0 atom stereocenters. The van der Waals surface area contributed by atoms with Crippen LogP contribution in [0.15, 0.2) is 0 Å². The quantitative estimate of drug-likeness (QED) is 0.504. The van der Waals surface area contributed by atoms with Gasteiger partial charge in [0.2, 0.25) is 0 Å². The molecule has 0 aromatic heterocycles. The van der Waals surface area contributed by atoms with E-state index in [9.17, 15) is 22.0 Å². The molecule has 0 bridgehead atoms. The molecule has 0 saturated carbocycles. The summed E-state index contributed by atoms with van der Waals surface area (Å²) in [5, 5.41) is 0. The lowest BCUT2D eigenvalue weighted by molar-refractivity contribution is -0.271. The minimum absolute atomic E-state index is 0.325. The van der Waals surface area contributed by atoms with Gasteiger partial charge in [-0.2, -0.15) is 33.7 Å². The summed E-state index contributed by atoms with van der Waals surface area (Å²) in [6.07, 6.45) is -4.81. The average Bonchev–Trinajstić information content (AvgIpc) is 1.85. The Balaban J connectivity index is 3.88. The molecule has 0 unspecified atom stereocenters. The largest absolute Gasteiger partial charge is 0.454 e. The van der Waals surface area contributed by atoms with Crippen LogP contribution in [0.5, 0.6) is 0 Å². The number of halogens is 5. The molecule has 74 valence electrons. The van der Waals surface area contributed by atoms with Crippen molar-refractivity contribution < 1.29 is 22.0 Å². The van der Waals surface area contributed by atoms with Crippen molar-refractivity contribution in [2.24, 2.45) is 0 Å². The lowest BCUT2D eigenvalue weighted by Gasteiger charge is -2.18. The average molecular weight is 208 g/mol. The molecule has 0 N–H and O–H groups in total. The molecule has 0 spiro atoms. The summed E-state index contributed by atoms with van der Waals surface area (Å²) in [4.78, 5) is 0. The van der Waals surface area contributed by atoms with Gasteiger partial charge in [0, 0.05) is 0 Å². The molecule has 0 rings (SSSR count). The lowest BCUT2D eigenvalue weighted by Crippen LogP contribution is -2.38. The van der Waals surface area contributed by atoms with Crippen molar-refractivity contribution in [3.63, 3.8) is 0 Å².